The maximum atomic E-state index is 5.03. The molecule has 1 aliphatic heterocycles. The van der Waals surface area contributed by atoms with Crippen molar-refractivity contribution in [1.29, 1.82) is 0 Å². The topological polar surface area (TPSA) is 51.0 Å². The minimum atomic E-state index is -0.209. The van der Waals surface area contributed by atoms with Gasteiger partial charge in [-0.1, -0.05) is 37.3 Å². The molecule has 4 nitrogen and oxygen atoms in total. The van der Waals surface area contributed by atoms with Gasteiger partial charge in [-0.15, -0.1) is 10.2 Å². The van der Waals surface area contributed by atoms with Gasteiger partial charge in [-0.25, -0.2) is 4.98 Å². The van der Waals surface area contributed by atoms with Gasteiger partial charge in [0, 0.05) is 11.5 Å². The van der Waals surface area contributed by atoms with Crippen molar-refractivity contribution in [3.05, 3.63) is 64.5 Å². The lowest BCUT2D eigenvalue weighted by molar-refractivity contribution is 0.430. The van der Waals surface area contributed by atoms with Gasteiger partial charge in [0.2, 0.25) is 5.82 Å². The molecule has 0 saturated heterocycles. The minimum Gasteiger partial charge on any atom is -0.274 e. The highest BCUT2D eigenvalue weighted by Gasteiger charge is 2.36. The van der Waals surface area contributed by atoms with Crippen molar-refractivity contribution in [2.75, 3.05) is 0 Å². The zero-order chi connectivity index (χ0) is 17.8. The molecule has 126 valence electrons. The first-order valence-electron chi connectivity index (χ1n) is 8.68. The lowest BCUT2D eigenvalue weighted by Gasteiger charge is -2.36. The number of hydrogen-bond acceptors (Lipinski definition) is 4. The lowest BCUT2D eigenvalue weighted by atomic mass is 9.76. The number of benzene rings is 2. The van der Waals surface area contributed by atoms with Crippen LogP contribution in [0.5, 0.6) is 0 Å². The summed E-state index contributed by atoms with van der Waals surface area (Å²) in [6.07, 6.45) is 0. The smallest absolute Gasteiger partial charge is 0.201 e. The minimum absolute atomic E-state index is 0.209. The molecule has 0 radical (unpaired) electrons. The van der Waals surface area contributed by atoms with E-state index in [1.807, 2.05) is 25.1 Å². The van der Waals surface area contributed by atoms with Gasteiger partial charge in [-0.05, 0) is 50.5 Å². The van der Waals surface area contributed by atoms with Gasteiger partial charge in [-0.2, -0.15) is 0 Å². The molecular formula is C21H22N4. The number of aliphatic imine (C=N–C) groups is 1. The maximum absolute atomic E-state index is 5.03. The first-order chi connectivity index (χ1) is 11.9. The fraction of sp³-hybridized carbons (Fsp3) is 0.333. The first-order valence-corrected chi connectivity index (χ1v) is 8.68. The maximum Gasteiger partial charge on any atom is 0.201 e. The van der Waals surface area contributed by atoms with Crippen LogP contribution < -0.4 is 0 Å². The molecule has 4 rings (SSSR count). The van der Waals surface area contributed by atoms with Crippen LogP contribution in [-0.4, -0.2) is 26.4 Å². The largest absolute Gasteiger partial charge is 0.274 e. The second kappa shape index (κ2) is 5.45. The molecule has 1 aliphatic rings. The summed E-state index contributed by atoms with van der Waals surface area (Å²) in [6.45, 7) is 10.8. The SMILES string of the molecule is Cc1cccc2c1C(C)C(C)(C)N=C2c1nnc2c(C)cccc2n1. The molecule has 0 spiro atoms. The van der Waals surface area contributed by atoms with Gasteiger partial charge < -0.3 is 0 Å². The highest BCUT2D eigenvalue weighted by atomic mass is 15.2. The summed E-state index contributed by atoms with van der Waals surface area (Å²) in [5, 5.41) is 8.84. The van der Waals surface area contributed by atoms with E-state index < -0.39 is 0 Å². The van der Waals surface area contributed by atoms with Crippen molar-refractivity contribution in [1.82, 2.24) is 15.2 Å². The van der Waals surface area contributed by atoms with Crippen LogP contribution in [0.25, 0.3) is 11.0 Å². The Morgan fingerprint density at radius 1 is 0.920 bits per heavy atom. The Morgan fingerprint density at radius 3 is 2.44 bits per heavy atom. The quantitative estimate of drug-likeness (QED) is 0.665. The molecule has 1 unspecified atom stereocenters. The Morgan fingerprint density at radius 2 is 1.64 bits per heavy atom. The van der Waals surface area contributed by atoms with Gasteiger partial charge in [0.05, 0.1) is 11.1 Å². The fourth-order valence-electron chi connectivity index (χ4n) is 3.63. The molecule has 1 atom stereocenters. The summed E-state index contributed by atoms with van der Waals surface area (Å²) in [6, 6.07) is 12.4. The summed E-state index contributed by atoms with van der Waals surface area (Å²) in [5.41, 5.74) is 7.18. The molecule has 0 saturated carbocycles. The zero-order valence-corrected chi connectivity index (χ0v) is 15.3. The van der Waals surface area contributed by atoms with E-state index in [2.05, 4.69) is 56.1 Å². The van der Waals surface area contributed by atoms with E-state index in [1.165, 1.54) is 11.1 Å². The monoisotopic (exact) mass is 330 g/mol. The van der Waals surface area contributed by atoms with Crippen LogP contribution in [0.2, 0.25) is 0 Å². The van der Waals surface area contributed by atoms with E-state index in [-0.39, 0.29) is 5.54 Å². The number of aryl methyl sites for hydroxylation is 2. The molecule has 0 amide bonds. The molecule has 1 aromatic heterocycles. The van der Waals surface area contributed by atoms with Crippen molar-refractivity contribution >= 4 is 16.7 Å². The van der Waals surface area contributed by atoms with E-state index in [4.69, 9.17) is 9.98 Å². The number of aromatic nitrogens is 3. The lowest BCUT2D eigenvalue weighted by Crippen LogP contribution is -2.34. The Hall–Kier alpha value is -2.62. The van der Waals surface area contributed by atoms with Crippen molar-refractivity contribution in [3.63, 3.8) is 0 Å². The van der Waals surface area contributed by atoms with E-state index in [0.29, 0.717) is 11.7 Å². The van der Waals surface area contributed by atoms with Gasteiger partial charge in [0.15, 0.2) is 0 Å². The van der Waals surface area contributed by atoms with E-state index in [1.54, 1.807) is 0 Å². The van der Waals surface area contributed by atoms with E-state index in [0.717, 1.165) is 27.9 Å². The third-order valence-electron chi connectivity index (χ3n) is 5.37. The molecule has 4 heteroatoms. The van der Waals surface area contributed by atoms with Crippen molar-refractivity contribution in [2.45, 2.75) is 46.1 Å². The molecule has 3 aromatic rings. The second-order valence-electron chi connectivity index (χ2n) is 7.45. The second-order valence-corrected chi connectivity index (χ2v) is 7.45. The van der Waals surface area contributed by atoms with E-state index in [9.17, 15) is 0 Å². The standard InChI is InChI=1S/C21H22N4/c1-12-8-6-10-15-17(12)14(3)21(4,5)23-19(15)20-22-16-11-7-9-13(2)18(16)24-25-20/h6-11,14H,1-5H3. The molecule has 0 N–H and O–H groups in total. The zero-order valence-electron chi connectivity index (χ0n) is 15.3. The van der Waals surface area contributed by atoms with Crippen LogP contribution in [0, 0.1) is 13.8 Å². The van der Waals surface area contributed by atoms with Gasteiger partial charge in [0.25, 0.3) is 0 Å². The molecule has 2 aromatic carbocycles. The number of hydrogen-bond donors (Lipinski definition) is 0. The van der Waals surface area contributed by atoms with Crippen LogP contribution in [0.15, 0.2) is 41.4 Å². The highest BCUT2D eigenvalue weighted by Crippen LogP contribution is 2.40. The number of rotatable bonds is 1. The third-order valence-corrected chi connectivity index (χ3v) is 5.37. The molecule has 0 aliphatic carbocycles. The summed E-state index contributed by atoms with van der Waals surface area (Å²) >= 11 is 0. The fourth-order valence-corrected chi connectivity index (χ4v) is 3.63. The van der Waals surface area contributed by atoms with Crippen molar-refractivity contribution in [3.8, 4) is 0 Å². The van der Waals surface area contributed by atoms with Crippen LogP contribution in [0.1, 0.15) is 54.8 Å². The molecule has 0 fully saturated rings. The van der Waals surface area contributed by atoms with Gasteiger partial charge in [-0.3, -0.25) is 4.99 Å². The molecule has 2 heterocycles. The predicted molar refractivity (Wildman–Crippen MR) is 101 cm³/mol. The highest BCUT2D eigenvalue weighted by molar-refractivity contribution is 6.13. The van der Waals surface area contributed by atoms with Crippen LogP contribution in [0.3, 0.4) is 0 Å². The summed E-state index contributed by atoms with van der Waals surface area (Å²) in [7, 11) is 0. The Kier molecular flexibility index (Phi) is 3.46. The predicted octanol–water partition coefficient (Wildman–Crippen LogP) is 4.37. The average molecular weight is 330 g/mol. The van der Waals surface area contributed by atoms with E-state index >= 15 is 0 Å². The Labute approximate surface area is 148 Å². The van der Waals surface area contributed by atoms with Crippen molar-refractivity contribution in [2.24, 2.45) is 4.99 Å². The van der Waals surface area contributed by atoms with Gasteiger partial charge >= 0.3 is 0 Å². The average Bonchev–Trinajstić information content (AvgIpc) is 2.58. The summed E-state index contributed by atoms with van der Waals surface area (Å²) in [4.78, 5) is 9.80. The third kappa shape index (κ3) is 2.44. The van der Waals surface area contributed by atoms with Crippen LogP contribution >= 0.6 is 0 Å². The van der Waals surface area contributed by atoms with Gasteiger partial charge in [0.1, 0.15) is 11.2 Å². The summed E-state index contributed by atoms with van der Waals surface area (Å²) < 4.78 is 0. The number of fused-ring (bicyclic) bond motifs is 2. The normalized spacial score (nSPS) is 18.8. The first kappa shape index (κ1) is 15.9. The summed E-state index contributed by atoms with van der Waals surface area (Å²) in [5.74, 6) is 0.938. The van der Waals surface area contributed by atoms with Crippen LogP contribution in [0.4, 0.5) is 0 Å². The molecule has 25 heavy (non-hydrogen) atoms. The van der Waals surface area contributed by atoms with Crippen LogP contribution in [-0.2, 0) is 0 Å². The van der Waals surface area contributed by atoms with Crippen molar-refractivity contribution < 1.29 is 0 Å². The molecule has 0 bridgehead atoms. The Bertz CT molecular complexity index is 1020. The molecular weight excluding hydrogens is 308 g/mol. The number of nitrogens with zero attached hydrogens (tertiary/aromatic N) is 4. The Balaban J connectivity index is 1.97.